The Labute approximate surface area is 82.0 Å². The summed E-state index contributed by atoms with van der Waals surface area (Å²) in [5.74, 6) is 0.858. The second-order valence-corrected chi connectivity index (χ2v) is 3.45. The third-order valence-electron chi connectivity index (χ3n) is 2.26. The van der Waals surface area contributed by atoms with Gasteiger partial charge in [0.05, 0.1) is 0 Å². The van der Waals surface area contributed by atoms with Crippen LogP contribution in [0.3, 0.4) is 0 Å². The van der Waals surface area contributed by atoms with Crippen molar-refractivity contribution in [1.82, 2.24) is 4.98 Å². The summed E-state index contributed by atoms with van der Waals surface area (Å²) < 4.78 is 10.8. The molecule has 1 aliphatic rings. The quantitative estimate of drug-likeness (QED) is 0.738. The van der Waals surface area contributed by atoms with Crippen molar-refractivity contribution < 1.29 is 9.15 Å². The normalized spacial score (nSPS) is 22.5. The molecule has 3 nitrogen and oxygen atoms in total. The van der Waals surface area contributed by atoms with E-state index in [-0.39, 0.29) is 11.5 Å². The minimum absolute atomic E-state index is 0.103. The number of rotatable bonds is 2. The lowest BCUT2D eigenvalue weighted by molar-refractivity contribution is 0.107. The van der Waals surface area contributed by atoms with E-state index < -0.39 is 0 Å². The fourth-order valence-corrected chi connectivity index (χ4v) is 1.82. The van der Waals surface area contributed by atoms with Gasteiger partial charge in [0.25, 0.3) is 5.35 Å². The van der Waals surface area contributed by atoms with Crippen LogP contribution in [0.25, 0.3) is 0 Å². The summed E-state index contributed by atoms with van der Waals surface area (Å²) in [6.45, 7) is 2.84. The molecule has 0 N–H and O–H groups in total. The highest BCUT2D eigenvalue weighted by Gasteiger charge is 2.24. The van der Waals surface area contributed by atoms with Gasteiger partial charge in [-0.15, -0.1) is 0 Å². The van der Waals surface area contributed by atoms with Crippen molar-refractivity contribution in [2.24, 2.45) is 0 Å². The molecule has 2 heterocycles. The molecule has 1 fully saturated rings. The molecule has 0 aliphatic carbocycles. The molecule has 0 bridgehead atoms. The standard InChI is InChI=1S/C9H12ClNO2/c1-2-6-8(11-9(10)13-6)7-4-3-5-12-7/h7H,2-5H2,1H3. The highest BCUT2D eigenvalue weighted by molar-refractivity contribution is 6.27. The first-order valence-electron chi connectivity index (χ1n) is 4.58. The lowest BCUT2D eigenvalue weighted by atomic mass is 10.1. The van der Waals surface area contributed by atoms with E-state index in [9.17, 15) is 0 Å². The van der Waals surface area contributed by atoms with Crippen molar-refractivity contribution in [2.45, 2.75) is 32.3 Å². The molecule has 1 saturated heterocycles. The minimum Gasteiger partial charge on any atom is -0.432 e. The average Bonchev–Trinajstić information content (AvgIpc) is 2.71. The van der Waals surface area contributed by atoms with Crippen molar-refractivity contribution in [3.8, 4) is 0 Å². The van der Waals surface area contributed by atoms with E-state index in [1.165, 1.54) is 0 Å². The van der Waals surface area contributed by atoms with Gasteiger partial charge in [0.15, 0.2) is 0 Å². The smallest absolute Gasteiger partial charge is 0.292 e. The lowest BCUT2D eigenvalue weighted by Gasteiger charge is -2.05. The molecule has 1 unspecified atom stereocenters. The van der Waals surface area contributed by atoms with Crippen molar-refractivity contribution >= 4 is 11.6 Å². The van der Waals surface area contributed by atoms with Crippen molar-refractivity contribution in [3.05, 3.63) is 16.8 Å². The highest BCUT2D eigenvalue weighted by atomic mass is 35.5. The van der Waals surface area contributed by atoms with Gasteiger partial charge in [-0.1, -0.05) is 6.92 Å². The predicted molar refractivity (Wildman–Crippen MR) is 48.8 cm³/mol. The largest absolute Gasteiger partial charge is 0.432 e. The first kappa shape index (κ1) is 9.03. The summed E-state index contributed by atoms with van der Waals surface area (Å²) in [4.78, 5) is 4.14. The third-order valence-corrected chi connectivity index (χ3v) is 2.42. The Bertz CT molecular complexity index is 292. The van der Waals surface area contributed by atoms with E-state index >= 15 is 0 Å². The number of aromatic nitrogens is 1. The fourth-order valence-electron chi connectivity index (χ4n) is 1.63. The Morgan fingerprint density at radius 3 is 3.08 bits per heavy atom. The van der Waals surface area contributed by atoms with E-state index in [2.05, 4.69) is 4.98 Å². The third kappa shape index (κ3) is 1.71. The summed E-state index contributed by atoms with van der Waals surface area (Å²) in [6, 6.07) is 0. The van der Waals surface area contributed by atoms with Crippen molar-refractivity contribution in [3.63, 3.8) is 0 Å². The Morgan fingerprint density at radius 1 is 1.62 bits per heavy atom. The topological polar surface area (TPSA) is 35.3 Å². The van der Waals surface area contributed by atoms with Crippen LogP contribution in [0.4, 0.5) is 0 Å². The Morgan fingerprint density at radius 2 is 2.46 bits per heavy atom. The van der Waals surface area contributed by atoms with Crippen molar-refractivity contribution in [2.75, 3.05) is 6.61 Å². The molecule has 1 aromatic heterocycles. The molecule has 1 aliphatic heterocycles. The fraction of sp³-hybridized carbons (Fsp3) is 0.667. The molecule has 1 aromatic rings. The zero-order chi connectivity index (χ0) is 9.26. The molecule has 1 atom stereocenters. The van der Waals surface area contributed by atoms with Crippen LogP contribution >= 0.6 is 11.6 Å². The van der Waals surface area contributed by atoms with Crippen LogP contribution in [-0.4, -0.2) is 11.6 Å². The molecular weight excluding hydrogens is 190 g/mol. The minimum atomic E-state index is 0.103. The van der Waals surface area contributed by atoms with Crippen LogP contribution < -0.4 is 0 Å². The van der Waals surface area contributed by atoms with E-state index in [1.54, 1.807) is 0 Å². The van der Waals surface area contributed by atoms with Crippen LogP contribution in [0.1, 0.15) is 37.3 Å². The van der Waals surface area contributed by atoms with Gasteiger partial charge in [0, 0.05) is 13.0 Å². The number of ether oxygens (including phenoxy) is 1. The molecule has 0 radical (unpaired) electrons. The van der Waals surface area contributed by atoms with Crippen molar-refractivity contribution in [1.29, 1.82) is 0 Å². The molecule has 2 rings (SSSR count). The molecule has 4 heteroatoms. The highest BCUT2D eigenvalue weighted by Crippen LogP contribution is 2.31. The molecule has 13 heavy (non-hydrogen) atoms. The Hall–Kier alpha value is -0.540. The summed E-state index contributed by atoms with van der Waals surface area (Å²) in [5.41, 5.74) is 0.894. The molecule has 0 spiro atoms. The number of hydrogen-bond donors (Lipinski definition) is 0. The maximum Gasteiger partial charge on any atom is 0.292 e. The summed E-state index contributed by atoms with van der Waals surface area (Å²) in [5, 5.41) is 0.224. The Kier molecular flexibility index (Phi) is 2.56. The van der Waals surface area contributed by atoms with Crippen LogP contribution in [-0.2, 0) is 11.2 Å². The van der Waals surface area contributed by atoms with Crippen LogP contribution in [0.5, 0.6) is 0 Å². The van der Waals surface area contributed by atoms with E-state index in [4.69, 9.17) is 20.8 Å². The van der Waals surface area contributed by atoms with Gasteiger partial charge in [-0.05, 0) is 24.4 Å². The number of aryl methyl sites for hydroxylation is 1. The van der Waals surface area contributed by atoms with Gasteiger partial charge in [-0.2, -0.15) is 0 Å². The number of hydrogen-bond acceptors (Lipinski definition) is 3. The number of halogens is 1. The van der Waals surface area contributed by atoms with Gasteiger partial charge < -0.3 is 9.15 Å². The van der Waals surface area contributed by atoms with Gasteiger partial charge in [0.1, 0.15) is 17.6 Å². The van der Waals surface area contributed by atoms with Gasteiger partial charge in [-0.3, -0.25) is 0 Å². The zero-order valence-corrected chi connectivity index (χ0v) is 8.30. The van der Waals surface area contributed by atoms with Gasteiger partial charge >= 0.3 is 0 Å². The lowest BCUT2D eigenvalue weighted by Crippen LogP contribution is -1.99. The molecule has 0 saturated carbocycles. The molecule has 0 amide bonds. The SMILES string of the molecule is CCc1oc(Cl)nc1C1CCCO1. The maximum absolute atomic E-state index is 5.69. The summed E-state index contributed by atoms with van der Waals surface area (Å²) in [6.07, 6.45) is 3.04. The predicted octanol–water partition coefficient (Wildman–Crippen LogP) is 2.74. The van der Waals surface area contributed by atoms with E-state index in [1.807, 2.05) is 6.92 Å². The van der Waals surface area contributed by atoms with Crippen LogP contribution in [0, 0.1) is 0 Å². The van der Waals surface area contributed by atoms with Crippen LogP contribution in [0.15, 0.2) is 4.42 Å². The first-order valence-corrected chi connectivity index (χ1v) is 4.95. The second-order valence-electron chi connectivity index (χ2n) is 3.13. The first-order chi connectivity index (χ1) is 6.31. The van der Waals surface area contributed by atoms with E-state index in [0.29, 0.717) is 0 Å². The molecular formula is C9H12ClNO2. The monoisotopic (exact) mass is 201 g/mol. The molecule has 0 aromatic carbocycles. The number of nitrogens with zero attached hydrogens (tertiary/aromatic N) is 1. The second kappa shape index (κ2) is 3.68. The summed E-state index contributed by atoms with van der Waals surface area (Å²) >= 11 is 5.69. The number of oxazole rings is 1. The Balaban J connectivity index is 2.26. The summed E-state index contributed by atoms with van der Waals surface area (Å²) in [7, 11) is 0. The molecule has 72 valence electrons. The van der Waals surface area contributed by atoms with Gasteiger partial charge in [-0.25, -0.2) is 4.98 Å². The zero-order valence-electron chi connectivity index (χ0n) is 7.55. The van der Waals surface area contributed by atoms with Crippen LogP contribution in [0.2, 0.25) is 5.35 Å². The average molecular weight is 202 g/mol. The maximum atomic E-state index is 5.69. The van der Waals surface area contributed by atoms with Gasteiger partial charge in [0.2, 0.25) is 0 Å². The van der Waals surface area contributed by atoms with E-state index in [0.717, 1.165) is 37.3 Å².